The van der Waals surface area contributed by atoms with Crippen molar-refractivity contribution in [1.29, 1.82) is 0 Å². The lowest BCUT2D eigenvalue weighted by Crippen LogP contribution is -2.35. The highest BCUT2D eigenvalue weighted by Crippen LogP contribution is 2.48. The summed E-state index contributed by atoms with van der Waals surface area (Å²) in [4.78, 5) is 15.5. The van der Waals surface area contributed by atoms with E-state index in [0.29, 0.717) is 11.6 Å². The highest BCUT2D eigenvalue weighted by atomic mass is 35.5. The molecular weight excluding hydrogens is 348 g/mol. The van der Waals surface area contributed by atoms with E-state index in [4.69, 9.17) is 16.3 Å². The van der Waals surface area contributed by atoms with Crippen LogP contribution in [0.25, 0.3) is 0 Å². The number of amides is 1. The van der Waals surface area contributed by atoms with Crippen LogP contribution in [0.3, 0.4) is 0 Å². The van der Waals surface area contributed by atoms with Gasteiger partial charge in [-0.1, -0.05) is 30.0 Å². The van der Waals surface area contributed by atoms with Crippen molar-refractivity contribution in [2.75, 3.05) is 4.90 Å². The molecule has 0 aliphatic carbocycles. The predicted octanol–water partition coefficient (Wildman–Crippen LogP) is 4.88. The molecule has 2 aliphatic rings. The molecule has 4 rings (SSSR count). The third-order valence-corrected chi connectivity index (χ3v) is 5.42. The van der Waals surface area contributed by atoms with Crippen LogP contribution in [0.15, 0.2) is 59.8 Å². The average molecular weight is 361 g/mol. The fourth-order valence-corrected chi connectivity index (χ4v) is 4.16. The zero-order valence-corrected chi connectivity index (χ0v) is 14.0. The number of thioether (sulfide) groups is 1. The van der Waals surface area contributed by atoms with Crippen molar-refractivity contribution in [1.82, 2.24) is 4.90 Å². The molecule has 1 amide bonds. The number of ether oxygens (including phenoxy) is 1. The fraction of sp³-hybridized carbons (Fsp3) is 0.118. The first-order chi connectivity index (χ1) is 11.7. The molecule has 0 bridgehead atoms. The molecule has 0 spiro atoms. The molecule has 0 saturated carbocycles. The zero-order chi connectivity index (χ0) is 16.7. The van der Waals surface area contributed by atoms with E-state index in [1.165, 1.54) is 16.7 Å². The van der Waals surface area contributed by atoms with Gasteiger partial charge in [-0.3, -0.25) is 4.90 Å². The van der Waals surface area contributed by atoms with Crippen molar-refractivity contribution in [2.24, 2.45) is 0 Å². The number of anilines is 1. The van der Waals surface area contributed by atoms with Gasteiger partial charge in [-0.15, -0.1) is 11.6 Å². The Labute approximate surface area is 148 Å². The second-order valence-corrected chi connectivity index (χ2v) is 6.68. The normalized spacial score (nSPS) is 17.8. The Bertz CT molecular complexity index is 842. The van der Waals surface area contributed by atoms with Crippen LogP contribution in [-0.4, -0.2) is 21.6 Å². The summed E-state index contributed by atoms with van der Waals surface area (Å²) in [5, 5.41) is 9.24. The SMILES string of the molecule is O=C(O)N1C=CN2c3cc(Oc4ccccc4CCl)ccc3SC12. The number of rotatable bonds is 3. The third-order valence-electron chi connectivity index (χ3n) is 3.87. The number of hydrogen-bond acceptors (Lipinski definition) is 4. The summed E-state index contributed by atoms with van der Waals surface area (Å²) in [6, 6.07) is 13.4. The molecular formula is C17H13ClN2O3S. The second kappa shape index (κ2) is 5.96. The van der Waals surface area contributed by atoms with Crippen LogP contribution in [-0.2, 0) is 5.88 Å². The van der Waals surface area contributed by atoms with Gasteiger partial charge in [0, 0.05) is 28.9 Å². The summed E-state index contributed by atoms with van der Waals surface area (Å²) < 4.78 is 5.97. The van der Waals surface area contributed by atoms with Crippen LogP contribution in [0.4, 0.5) is 10.5 Å². The Kier molecular flexibility index (Phi) is 3.78. The van der Waals surface area contributed by atoms with Gasteiger partial charge in [-0.25, -0.2) is 4.79 Å². The lowest BCUT2D eigenvalue weighted by Gasteiger charge is -2.21. The largest absolute Gasteiger partial charge is 0.465 e. The topological polar surface area (TPSA) is 53.0 Å². The number of nitrogens with zero attached hydrogens (tertiary/aromatic N) is 2. The van der Waals surface area contributed by atoms with E-state index in [1.54, 1.807) is 12.4 Å². The minimum atomic E-state index is -0.966. The third kappa shape index (κ3) is 2.48. The van der Waals surface area contributed by atoms with Crippen molar-refractivity contribution < 1.29 is 14.6 Å². The molecule has 0 saturated heterocycles. The van der Waals surface area contributed by atoms with Crippen molar-refractivity contribution in [3.8, 4) is 11.5 Å². The Morgan fingerprint density at radius 1 is 1.25 bits per heavy atom. The highest BCUT2D eigenvalue weighted by molar-refractivity contribution is 8.00. The Balaban J connectivity index is 1.62. The van der Waals surface area contributed by atoms with Crippen molar-refractivity contribution >= 4 is 35.1 Å². The summed E-state index contributed by atoms with van der Waals surface area (Å²) in [6.07, 6.45) is 2.37. The summed E-state index contributed by atoms with van der Waals surface area (Å²) in [6.45, 7) is 0. The van der Waals surface area contributed by atoms with Gasteiger partial charge >= 0.3 is 6.09 Å². The van der Waals surface area contributed by atoms with Gasteiger partial charge < -0.3 is 14.7 Å². The minimum Gasteiger partial charge on any atom is -0.465 e. The molecule has 0 radical (unpaired) electrons. The van der Waals surface area contributed by atoms with E-state index in [9.17, 15) is 9.90 Å². The van der Waals surface area contributed by atoms with Gasteiger partial charge in [0.1, 0.15) is 11.5 Å². The van der Waals surface area contributed by atoms with Crippen molar-refractivity contribution in [3.05, 3.63) is 60.4 Å². The van der Waals surface area contributed by atoms with E-state index in [2.05, 4.69) is 0 Å². The molecule has 2 aromatic carbocycles. The summed E-state index contributed by atoms with van der Waals surface area (Å²) >= 11 is 7.45. The Morgan fingerprint density at radius 3 is 2.88 bits per heavy atom. The van der Waals surface area contributed by atoms with Crippen LogP contribution in [0, 0.1) is 0 Å². The van der Waals surface area contributed by atoms with Gasteiger partial charge in [0.15, 0.2) is 5.50 Å². The fourth-order valence-electron chi connectivity index (χ4n) is 2.71. The monoisotopic (exact) mass is 360 g/mol. The smallest absolute Gasteiger partial charge is 0.413 e. The molecule has 24 heavy (non-hydrogen) atoms. The molecule has 0 aromatic heterocycles. The molecule has 7 heteroatoms. The first-order valence-corrected chi connectivity index (χ1v) is 8.69. The maximum Gasteiger partial charge on any atom is 0.413 e. The van der Waals surface area contributed by atoms with Crippen LogP contribution in [0.5, 0.6) is 11.5 Å². The number of alkyl halides is 1. The number of carboxylic acid groups (broad SMARTS) is 1. The molecule has 2 aromatic rings. The number of benzene rings is 2. The maximum atomic E-state index is 11.3. The predicted molar refractivity (Wildman–Crippen MR) is 93.6 cm³/mol. The average Bonchev–Trinajstić information content (AvgIpc) is 3.14. The van der Waals surface area contributed by atoms with E-state index in [1.807, 2.05) is 47.4 Å². The minimum absolute atomic E-state index is 0.289. The van der Waals surface area contributed by atoms with Gasteiger partial charge in [-0.05, 0) is 18.2 Å². The highest BCUT2D eigenvalue weighted by Gasteiger charge is 2.39. The summed E-state index contributed by atoms with van der Waals surface area (Å²) in [7, 11) is 0. The van der Waals surface area contributed by atoms with E-state index >= 15 is 0 Å². The Morgan fingerprint density at radius 2 is 2.08 bits per heavy atom. The zero-order valence-electron chi connectivity index (χ0n) is 12.4. The number of fused-ring (bicyclic) bond motifs is 3. The van der Waals surface area contributed by atoms with E-state index < -0.39 is 6.09 Å². The molecule has 2 heterocycles. The lowest BCUT2D eigenvalue weighted by atomic mass is 10.2. The summed E-state index contributed by atoms with van der Waals surface area (Å²) in [5.74, 6) is 1.79. The molecule has 0 fully saturated rings. The van der Waals surface area contributed by atoms with Gasteiger partial charge in [0.25, 0.3) is 0 Å². The quantitative estimate of drug-likeness (QED) is 0.791. The standard InChI is InChI=1S/C17H13ClN2O3S/c18-10-11-3-1-2-4-14(11)23-12-5-6-15-13(9-12)19-7-8-20(17(21)22)16(19)24-15/h1-9,16H,10H2,(H,21,22). The summed E-state index contributed by atoms with van der Waals surface area (Å²) in [5.41, 5.74) is 1.57. The Hall–Kier alpha value is -2.31. The van der Waals surface area contributed by atoms with E-state index in [-0.39, 0.29) is 5.50 Å². The first kappa shape index (κ1) is 15.2. The number of para-hydroxylation sites is 1. The maximum absolute atomic E-state index is 11.3. The van der Waals surface area contributed by atoms with Gasteiger partial charge in [0.2, 0.25) is 0 Å². The van der Waals surface area contributed by atoms with Crippen LogP contribution in [0.2, 0.25) is 0 Å². The lowest BCUT2D eigenvalue weighted by molar-refractivity contribution is 0.163. The molecule has 5 nitrogen and oxygen atoms in total. The molecule has 2 aliphatic heterocycles. The molecule has 1 N–H and O–H groups in total. The van der Waals surface area contributed by atoms with Crippen LogP contribution >= 0.6 is 23.4 Å². The van der Waals surface area contributed by atoms with Crippen LogP contribution in [0.1, 0.15) is 5.56 Å². The van der Waals surface area contributed by atoms with Crippen molar-refractivity contribution in [2.45, 2.75) is 16.3 Å². The van der Waals surface area contributed by atoms with Gasteiger partial charge in [0.05, 0.1) is 11.6 Å². The number of halogens is 1. The number of hydrogen-bond donors (Lipinski definition) is 1. The molecule has 122 valence electrons. The van der Waals surface area contributed by atoms with Crippen LogP contribution < -0.4 is 9.64 Å². The van der Waals surface area contributed by atoms with Gasteiger partial charge in [-0.2, -0.15) is 0 Å². The number of carbonyl (C=O) groups is 1. The molecule has 1 unspecified atom stereocenters. The first-order valence-electron chi connectivity index (χ1n) is 7.28. The van der Waals surface area contributed by atoms with E-state index in [0.717, 1.165) is 21.9 Å². The molecule has 1 atom stereocenters. The second-order valence-electron chi connectivity index (χ2n) is 5.31. The van der Waals surface area contributed by atoms with Crippen molar-refractivity contribution in [3.63, 3.8) is 0 Å².